The van der Waals surface area contributed by atoms with Crippen molar-refractivity contribution in [1.82, 2.24) is 4.90 Å². The summed E-state index contributed by atoms with van der Waals surface area (Å²) >= 11 is 0. The molecule has 0 aromatic rings. The summed E-state index contributed by atoms with van der Waals surface area (Å²) in [4.78, 5) is 3.02. The van der Waals surface area contributed by atoms with Gasteiger partial charge in [-0.3, -0.25) is 0 Å². The third-order valence-electron chi connectivity index (χ3n) is 14.2. The predicted molar refractivity (Wildman–Crippen MR) is 273 cm³/mol. The zero-order valence-corrected chi connectivity index (χ0v) is 42.7. The minimum atomic E-state index is 0.931. The summed E-state index contributed by atoms with van der Waals surface area (Å²) in [6.07, 6.45) is 70.3. The summed E-state index contributed by atoms with van der Waals surface area (Å²) in [7, 11) is 0. The molecule has 0 saturated carbocycles. The van der Waals surface area contributed by atoms with E-state index in [0.717, 1.165) is 11.8 Å². The molecule has 1 nitrogen and oxygen atoms in total. The average molecular weight is 831 g/mol. The second-order valence-corrected chi connectivity index (χ2v) is 20.4. The summed E-state index contributed by atoms with van der Waals surface area (Å²) in [5, 5.41) is 0. The van der Waals surface area contributed by atoms with Crippen molar-refractivity contribution in [2.75, 3.05) is 19.6 Å². The first-order chi connectivity index (χ1) is 29.2. The van der Waals surface area contributed by atoms with Crippen molar-refractivity contribution in [1.29, 1.82) is 0 Å². The largest absolute Gasteiger partial charge is 0.303 e. The molecule has 0 radical (unpaired) electrons. The predicted octanol–water partition coefficient (Wildman–Crippen LogP) is 21.3. The molecular formula is C58H119N. The van der Waals surface area contributed by atoms with E-state index in [1.165, 1.54) is 328 Å². The van der Waals surface area contributed by atoms with Crippen molar-refractivity contribution in [3.05, 3.63) is 0 Å². The Kier molecular flexibility index (Phi) is 52.3. The first kappa shape index (κ1) is 59.0. The normalized spacial score (nSPS) is 12.9. The van der Waals surface area contributed by atoms with Gasteiger partial charge in [-0.1, -0.05) is 311 Å². The summed E-state index contributed by atoms with van der Waals surface area (Å²) in [5.41, 5.74) is 0. The molecule has 59 heavy (non-hydrogen) atoms. The van der Waals surface area contributed by atoms with Crippen LogP contribution in [0.5, 0.6) is 0 Å². The van der Waals surface area contributed by atoms with Crippen LogP contribution >= 0.6 is 0 Å². The Morgan fingerprint density at radius 3 is 0.627 bits per heavy atom. The van der Waals surface area contributed by atoms with Crippen LogP contribution in [0.3, 0.4) is 0 Å². The van der Waals surface area contributed by atoms with Crippen LogP contribution in [0, 0.1) is 11.8 Å². The van der Waals surface area contributed by atoms with Gasteiger partial charge < -0.3 is 4.90 Å². The van der Waals surface area contributed by atoms with Gasteiger partial charge >= 0.3 is 0 Å². The number of unbranched alkanes of at least 4 members (excludes halogenated alkanes) is 39. The highest BCUT2D eigenvalue weighted by Crippen LogP contribution is 2.24. The molecule has 0 heterocycles. The second kappa shape index (κ2) is 52.3. The van der Waals surface area contributed by atoms with Crippen LogP contribution in [0.4, 0.5) is 0 Å². The molecule has 0 amide bonds. The van der Waals surface area contributed by atoms with Crippen LogP contribution < -0.4 is 0 Å². The fraction of sp³-hybridized carbons (Fsp3) is 1.00. The molecular weight excluding hydrogens is 711 g/mol. The lowest BCUT2D eigenvalue weighted by atomic mass is 9.91. The van der Waals surface area contributed by atoms with Crippen molar-refractivity contribution in [3.63, 3.8) is 0 Å². The van der Waals surface area contributed by atoms with Crippen LogP contribution in [0.25, 0.3) is 0 Å². The first-order valence-electron chi connectivity index (χ1n) is 28.9. The Labute approximate surface area is 377 Å². The Morgan fingerprint density at radius 1 is 0.203 bits per heavy atom. The van der Waals surface area contributed by atoms with E-state index in [0.29, 0.717) is 0 Å². The molecule has 0 fully saturated rings. The second-order valence-electron chi connectivity index (χ2n) is 20.4. The highest BCUT2D eigenvalue weighted by atomic mass is 15.1. The lowest BCUT2D eigenvalue weighted by Crippen LogP contribution is -2.35. The molecule has 2 unspecified atom stereocenters. The first-order valence-corrected chi connectivity index (χ1v) is 28.9. The molecule has 0 aromatic heterocycles. The minimum Gasteiger partial charge on any atom is -0.303 e. The lowest BCUT2D eigenvalue weighted by Gasteiger charge is -2.31. The lowest BCUT2D eigenvalue weighted by molar-refractivity contribution is 0.171. The van der Waals surface area contributed by atoms with Crippen LogP contribution in [-0.4, -0.2) is 24.5 Å². The van der Waals surface area contributed by atoms with Crippen molar-refractivity contribution in [2.24, 2.45) is 11.8 Å². The Bertz CT molecular complexity index is 686. The summed E-state index contributed by atoms with van der Waals surface area (Å²) in [6.45, 7) is 16.0. The molecule has 0 rings (SSSR count). The molecule has 0 saturated heterocycles. The standard InChI is InChI=1S/C58H119N/c1-6-11-16-19-22-23-24-25-26-27-28-29-30-31-32-33-34-35-36-37-38-39-40-41-42-43-46-49-54-59(55-57(50-14-9-4)52-47-44-20-17-12-7-2)56-58(51-15-10-5)53-48-45-21-18-13-8-3/h57-58H,6-56H2,1-5H3. The fourth-order valence-corrected chi connectivity index (χ4v) is 10.1. The van der Waals surface area contributed by atoms with Gasteiger partial charge in [0.1, 0.15) is 0 Å². The van der Waals surface area contributed by atoms with Gasteiger partial charge in [-0.15, -0.1) is 0 Å². The van der Waals surface area contributed by atoms with E-state index in [1.807, 2.05) is 0 Å². The van der Waals surface area contributed by atoms with Gasteiger partial charge in [0.15, 0.2) is 0 Å². The van der Waals surface area contributed by atoms with E-state index in [2.05, 4.69) is 39.5 Å². The van der Waals surface area contributed by atoms with Gasteiger partial charge in [0.25, 0.3) is 0 Å². The van der Waals surface area contributed by atoms with Gasteiger partial charge in [0.2, 0.25) is 0 Å². The van der Waals surface area contributed by atoms with E-state index in [-0.39, 0.29) is 0 Å². The third kappa shape index (κ3) is 47.3. The fourth-order valence-electron chi connectivity index (χ4n) is 10.1. The van der Waals surface area contributed by atoms with Gasteiger partial charge in [-0.05, 0) is 50.5 Å². The molecule has 0 spiro atoms. The SMILES string of the molecule is CCCCCCCCCCCCCCCCCCCCCCCCCCCCCCN(CC(CCCC)CCCCCCCC)CC(CCCC)CCCCCCCC. The van der Waals surface area contributed by atoms with Crippen LogP contribution in [0.15, 0.2) is 0 Å². The molecule has 0 aliphatic carbocycles. The van der Waals surface area contributed by atoms with Crippen molar-refractivity contribution >= 4 is 0 Å². The molecule has 0 aliphatic rings. The van der Waals surface area contributed by atoms with E-state index in [4.69, 9.17) is 0 Å². The smallest absolute Gasteiger partial charge is 0.000977 e. The van der Waals surface area contributed by atoms with Crippen LogP contribution in [-0.2, 0) is 0 Å². The maximum Gasteiger partial charge on any atom is 0.000977 e. The van der Waals surface area contributed by atoms with Gasteiger partial charge in [0, 0.05) is 13.1 Å². The van der Waals surface area contributed by atoms with Gasteiger partial charge in [-0.25, -0.2) is 0 Å². The topological polar surface area (TPSA) is 3.24 Å². The number of hydrogen-bond acceptors (Lipinski definition) is 1. The number of hydrogen-bond donors (Lipinski definition) is 0. The Hall–Kier alpha value is -0.0400. The molecule has 1 heteroatoms. The quantitative estimate of drug-likeness (QED) is 0.0552. The zero-order chi connectivity index (χ0) is 42.8. The summed E-state index contributed by atoms with van der Waals surface area (Å²) in [6, 6.07) is 0. The van der Waals surface area contributed by atoms with E-state index in [9.17, 15) is 0 Å². The third-order valence-corrected chi connectivity index (χ3v) is 14.2. The van der Waals surface area contributed by atoms with Gasteiger partial charge in [-0.2, -0.15) is 0 Å². The highest BCUT2D eigenvalue weighted by molar-refractivity contribution is 4.72. The maximum absolute atomic E-state index is 3.02. The molecule has 356 valence electrons. The molecule has 0 aliphatic heterocycles. The minimum absolute atomic E-state index is 0.931. The van der Waals surface area contributed by atoms with Crippen molar-refractivity contribution in [3.8, 4) is 0 Å². The molecule has 0 N–H and O–H groups in total. The van der Waals surface area contributed by atoms with Crippen molar-refractivity contribution in [2.45, 2.75) is 343 Å². The van der Waals surface area contributed by atoms with Crippen LogP contribution in [0.1, 0.15) is 343 Å². The molecule has 2 atom stereocenters. The number of rotatable bonds is 53. The Balaban J connectivity index is 4.18. The highest BCUT2D eigenvalue weighted by Gasteiger charge is 2.18. The maximum atomic E-state index is 3.02. The summed E-state index contributed by atoms with van der Waals surface area (Å²) < 4.78 is 0. The van der Waals surface area contributed by atoms with E-state index >= 15 is 0 Å². The molecule has 0 bridgehead atoms. The molecule has 0 aromatic carbocycles. The van der Waals surface area contributed by atoms with Crippen LogP contribution in [0.2, 0.25) is 0 Å². The zero-order valence-electron chi connectivity index (χ0n) is 42.7. The van der Waals surface area contributed by atoms with Crippen molar-refractivity contribution < 1.29 is 0 Å². The number of nitrogens with zero attached hydrogens (tertiary/aromatic N) is 1. The summed E-state index contributed by atoms with van der Waals surface area (Å²) in [5.74, 6) is 1.86. The van der Waals surface area contributed by atoms with E-state index < -0.39 is 0 Å². The van der Waals surface area contributed by atoms with E-state index in [1.54, 1.807) is 0 Å². The van der Waals surface area contributed by atoms with Gasteiger partial charge in [0.05, 0.1) is 0 Å². The average Bonchev–Trinajstić information content (AvgIpc) is 3.24. The monoisotopic (exact) mass is 830 g/mol. The Morgan fingerprint density at radius 2 is 0.390 bits per heavy atom.